The second-order valence-electron chi connectivity index (χ2n) is 7.44. The summed E-state index contributed by atoms with van der Waals surface area (Å²) in [5.41, 5.74) is 3.84. The monoisotopic (exact) mass is 394 g/mol. The lowest BCUT2D eigenvalue weighted by molar-refractivity contribution is 0.190. The maximum Gasteiger partial charge on any atom is 0.321 e. The largest absolute Gasteiger partial charge is 0.420 e. The maximum atomic E-state index is 13.1. The van der Waals surface area contributed by atoms with Crippen molar-refractivity contribution in [3.05, 3.63) is 65.3 Å². The van der Waals surface area contributed by atoms with Gasteiger partial charge in [-0.15, -0.1) is 10.2 Å². The van der Waals surface area contributed by atoms with E-state index in [1.165, 1.54) is 17.7 Å². The number of halogens is 1. The first-order valence-electron chi connectivity index (χ1n) is 9.72. The second kappa shape index (κ2) is 8.03. The SMILES string of the molecule is Cc1ccc(NC(=O)N2CCC(c3nnc(-c4ccc(F)cc4)o3)CC2)cc1C. The van der Waals surface area contributed by atoms with E-state index in [1.807, 2.05) is 36.9 Å². The van der Waals surface area contributed by atoms with Gasteiger partial charge >= 0.3 is 6.03 Å². The van der Waals surface area contributed by atoms with E-state index < -0.39 is 0 Å². The van der Waals surface area contributed by atoms with Crippen LogP contribution in [0, 0.1) is 19.7 Å². The van der Waals surface area contributed by atoms with Crippen LogP contribution in [0.5, 0.6) is 0 Å². The van der Waals surface area contributed by atoms with Crippen molar-refractivity contribution < 1.29 is 13.6 Å². The standard InChI is InChI=1S/C22H23FN4O2/c1-14-3-8-19(13-15(14)2)24-22(28)27-11-9-17(10-12-27)21-26-25-20(29-21)16-4-6-18(23)7-5-16/h3-8,13,17H,9-12H2,1-2H3,(H,24,28). The summed E-state index contributed by atoms with van der Waals surface area (Å²) in [5.74, 6) is 0.760. The van der Waals surface area contributed by atoms with Gasteiger partial charge in [-0.2, -0.15) is 0 Å². The first kappa shape index (κ1) is 19.1. The van der Waals surface area contributed by atoms with Crippen molar-refractivity contribution in [1.82, 2.24) is 15.1 Å². The predicted molar refractivity (Wildman–Crippen MR) is 108 cm³/mol. The zero-order valence-corrected chi connectivity index (χ0v) is 16.5. The van der Waals surface area contributed by atoms with Gasteiger partial charge in [0, 0.05) is 30.3 Å². The first-order chi connectivity index (χ1) is 14.0. The lowest BCUT2D eigenvalue weighted by atomic mass is 9.97. The van der Waals surface area contributed by atoms with Crippen molar-refractivity contribution in [2.75, 3.05) is 18.4 Å². The molecule has 1 aliphatic heterocycles. The Hall–Kier alpha value is -3.22. The van der Waals surface area contributed by atoms with Crippen LogP contribution in [-0.2, 0) is 0 Å². The van der Waals surface area contributed by atoms with Crippen LogP contribution in [0.15, 0.2) is 46.9 Å². The summed E-state index contributed by atoms with van der Waals surface area (Å²) in [6.07, 6.45) is 1.51. The van der Waals surface area contributed by atoms with Crippen LogP contribution in [0.4, 0.5) is 14.9 Å². The third kappa shape index (κ3) is 4.29. The molecule has 1 saturated heterocycles. The molecule has 0 radical (unpaired) electrons. The molecule has 7 heteroatoms. The van der Waals surface area contributed by atoms with Gasteiger partial charge in [-0.3, -0.25) is 0 Å². The zero-order valence-electron chi connectivity index (χ0n) is 16.5. The van der Waals surface area contributed by atoms with Crippen LogP contribution in [0.3, 0.4) is 0 Å². The predicted octanol–water partition coefficient (Wildman–Crippen LogP) is 4.90. The van der Waals surface area contributed by atoms with Crippen molar-refractivity contribution in [3.8, 4) is 11.5 Å². The molecule has 4 rings (SSSR count). The van der Waals surface area contributed by atoms with Crippen LogP contribution in [-0.4, -0.2) is 34.2 Å². The van der Waals surface area contributed by atoms with Crippen LogP contribution < -0.4 is 5.32 Å². The normalized spacial score (nSPS) is 14.8. The van der Waals surface area contributed by atoms with Gasteiger partial charge in [0.15, 0.2) is 0 Å². The van der Waals surface area contributed by atoms with E-state index in [2.05, 4.69) is 15.5 Å². The fraction of sp³-hybridized carbons (Fsp3) is 0.318. The van der Waals surface area contributed by atoms with Crippen molar-refractivity contribution in [3.63, 3.8) is 0 Å². The summed E-state index contributed by atoms with van der Waals surface area (Å²) in [4.78, 5) is 14.4. The summed E-state index contributed by atoms with van der Waals surface area (Å²) < 4.78 is 18.9. The Kier molecular flexibility index (Phi) is 5.29. The zero-order chi connectivity index (χ0) is 20.4. The molecule has 6 nitrogen and oxygen atoms in total. The number of piperidine rings is 1. The number of benzene rings is 2. The average molecular weight is 394 g/mol. The Balaban J connectivity index is 1.35. The molecule has 0 bridgehead atoms. The van der Waals surface area contributed by atoms with Gasteiger partial charge in [-0.05, 0) is 74.2 Å². The summed E-state index contributed by atoms with van der Waals surface area (Å²) in [6.45, 7) is 5.32. The molecule has 0 saturated carbocycles. The van der Waals surface area contributed by atoms with Crippen molar-refractivity contribution in [2.45, 2.75) is 32.6 Å². The van der Waals surface area contributed by atoms with E-state index >= 15 is 0 Å². The number of aryl methyl sites for hydroxylation is 2. The molecule has 3 aromatic rings. The molecular formula is C22H23FN4O2. The second-order valence-corrected chi connectivity index (χ2v) is 7.44. The van der Waals surface area contributed by atoms with Gasteiger partial charge in [-0.25, -0.2) is 9.18 Å². The van der Waals surface area contributed by atoms with E-state index in [4.69, 9.17) is 4.42 Å². The van der Waals surface area contributed by atoms with E-state index in [9.17, 15) is 9.18 Å². The molecule has 2 amide bonds. The van der Waals surface area contributed by atoms with Gasteiger partial charge in [-0.1, -0.05) is 6.07 Å². The topological polar surface area (TPSA) is 71.3 Å². The van der Waals surface area contributed by atoms with Crippen molar-refractivity contribution in [2.24, 2.45) is 0 Å². The number of hydrogen-bond acceptors (Lipinski definition) is 4. The minimum Gasteiger partial charge on any atom is -0.420 e. The van der Waals surface area contributed by atoms with E-state index in [-0.39, 0.29) is 17.8 Å². The number of carbonyl (C=O) groups is 1. The molecule has 29 heavy (non-hydrogen) atoms. The van der Waals surface area contributed by atoms with Gasteiger partial charge in [0.1, 0.15) is 5.82 Å². The van der Waals surface area contributed by atoms with Gasteiger partial charge in [0.05, 0.1) is 0 Å². The number of nitrogens with zero attached hydrogens (tertiary/aromatic N) is 3. The van der Waals surface area contributed by atoms with E-state index in [0.717, 1.165) is 24.1 Å². The number of anilines is 1. The Labute approximate surface area is 168 Å². The Bertz CT molecular complexity index is 1010. The van der Waals surface area contributed by atoms with Crippen LogP contribution in [0.25, 0.3) is 11.5 Å². The first-order valence-corrected chi connectivity index (χ1v) is 9.72. The third-order valence-electron chi connectivity index (χ3n) is 5.42. The van der Waals surface area contributed by atoms with Crippen LogP contribution in [0.1, 0.15) is 35.8 Å². The van der Waals surface area contributed by atoms with Crippen LogP contribution in [0.2, 0.25) is 0 Å². The molecule has 1 fully saturated rings. The molecule has 150 valence electrons. The highest BCUT2D eigenvalue weighted by molar-refractivity contribution is 5.89. The highest BCUT2D eigenvalue weighted by atomic mass is 19.1. The molecule has 1 aromatic heterocycles. The molecule has 1 aliphatic rings. The van der Waals surface area contributed by atoms with Crippen molar-refractivity contribution >= 4 is 11.7 Å². The lowest BCUT2D eigenvalue weighted by Crippen LogP contribution is -2.40. The number of aromatic nitrogens is 2. The van der Waals surface area contributed by atoms with Crippen LogP contribution >= 0.6 is 0 Å². The number of amides is 2. The molecule has 0 unspecified atom stereocenters. The van der Waals surface area contributed by atoms with Gasteiger partial charge < -0.3 is 14.6 Å². The highest BCUT2D eigenvalue weighted by Gasteiger charge is 2.27. The molecule has 2 heterocycles. The van der Waals surface area contributed by atoms with E-state index in [0.29, 0.717) is 30.4 Å². The number of rotatable bonds is 3. The number of nitrogens with one attached hydrogen (secondary N) is 1. The number of carbonyl (C=O) groups excluding carboxylic acids is 1. The molecule has 1 N–H and O–H groups in total. The molecule has 0 atom stereocenters. The Morgan fingerprint density at radius 2 is 1.79 bits per heavy atom. The van der Waals surface area contributed by atoms with Gasteiger partial charge in [0.25, 0.3) is 0 Å². The van der Waals surface area contributed by atoms with E-state index in [1.54, 1.807) is 12.1 Å². The number of hydrogen-bond donors (Lipinski definition) is 1. The summed E-state index contributed by atoms with van der Waals surface area (Å²) in [6, 6.07) is 11.8. The summed E-state index contributed by atoms with van der Waals surface area (Å²) in [7, 11) is 0. The minimum absolute atomic E-state index is 0.0933. The quantitative estimate of drug-likeness (QED) is 0.686. The fourth-order valence-electron chi connectivity index (χ4n) is 3.46. The third-order valence-corrected chi connectivity index (χ3v) is 5.42. The van der Waals surface area contributed by atoms with Crippen molar-refractivity contribution in [1.29, 1.82) is 0 Å². The summed E-state index contributed by atoms with van der Waals surface area (Å²) >= 11 is 0. The number of likely N-dealkylation sites (tertiary alicyclic amines) is 1. The Morgan fingerprint density at radius 1 is 1.07 bits per heavy atom. The lowest BCUT2D eigenvalue weighted by Gasteiger charge is -2.30. The fourth-order valence-corrected chi connectivity index (χ4v) is 3.46. The van der Waals surface area contributed by atoms with Gasteiger partial charge in [0.2, 0.25) is 11.8 Å². The average Bonchev–Trinajstić information content (AvgIpc) is 3.21. The maximum absolute atomic E-state index is 13.1. The Morgan fingerprint density at radius 3 is 2.48 bits per heavy atom. The highest BCUT2D eigenvalue weighted by Crippen LogP contribution is 2.29. The smallest absolute Gasteiger partial charge is 0.321 e. The summed E-state index contributed by atoms with van der Waals surface area (Å²) in [5, 5.41) is 11.2. The molecule has 2 aromatic carbocycles. The number of urea groups is 1. The molecule has 0 aliphatic carbocycles. The molecule has 0 spiro atoms. The minimum atomic E-state index is -0.306. The molecular weight excluding hydrogens is 371 g/mol.